The van der Waals surface area contributed by atoms with E-state index in [-0.39, 0.29) is 30.4 Å². The first kappa shape index (κ1) is 18.7. The monoisotopic (exact) mass is 359 g/mol. The zero-order valence-electron chi connectivity index (χ0n) is 13.5. The van der Waals surface area contributed by atoms with Crippen molar-refractivity contribution in [2.24, 2.45) is 0 Å². The molecule has 0 spiro atoms. The van der Waals surface area contributed by atoms with Gasteiger partial charge in [0.15, 0.2) is 0 Å². The molecule has 5 nitrogen and oxygen atoms in total. The highest BCUT2D eigenvalue weighted by Crippen LogP contribution is 2.28. The SMILES string of the molecule is Cc1ccc(C(CNC(=O)C2CCCN2)N2CCOCC2)s1.Cl. The van der Waals surface area contributed by atoms with E-state index in [0.717, 1.165) is 45.7 Å². The first-order chi connectivity index (χ1) is 10.7. The van der Waals surface area contributed by atoms with Crippen molar-refractivity contribution in [1.82, 2.24) is 15.5 Å². The van der Waals surface area contributed by atoms with Crippen LogP contribution in [-0.2, 0) is 9.53 Å². The van der Waals surface area contributed by atoms with Crippen LogP contribution in [0.4, 0.5) is 0 Å². The van der Waals surface area contributed by atoms with Crippen molar-refractivity contribution in [3.63, 3.8) is 0 Å². The lowest BCUT2D eigenvalue weighted by atomic mass is 10.1. The van der Waals surface area contributed by atoms with Crippen LogP contribution in [0.15, 0.2) is 12.1 Å². The zero-order valence-corrected chi connectivity index (χ0v) is 15.2. The molecule has 3 heterocycles. The molecule has 2 saturated heterocycles. The summed E-state index contributed by atoms with van der Waals surface area (Å²) < 4.78 is 5.46. The summed E-state index contributed by atoms with van der Waals surface area (Å²) in [5.41, 5.74) is 0. The molecule has 0 radical (unpaired) electrons. The number of hydrogen-bond acceptors (Lipinski definition) is 5. The highest BCUT2D eigenvalue weighted by Gasteiger charge is 2.27. The summed E-state index contributed by atoms with van der Waals surface area (Å²) in [6.45, 7) is 7.17. The van der Waals surface area contributed by atoms with Crippen molar-refractivity contribution >= 4 is 29.7 Å². The Bertz CT molecular complexity index is 499. The summed E-state index contributed by atoms with van der Waals surface area (Å²) in [6.07, 6.45) is 2.04. The minimum Gasteiger partial charge on any atom is -0.379 e. The van der Waals surface area contributed by atoms with E-state index in [1.165, 1.54) is 9.75 Å². The number of aryl methyl sites for hydroxylation is 1. The lowest BCUT2D eigenvalue weighted by Gasteiger charge is -2.34. The van der Waals surface area contributed by atoms with E-state index in [9.17, 15) is 4.79 Å². The van der Waals surface area contributed by atoms with Gasteiger partial charge in [-0.25, -0.2) is 0 Å². The van der Waals surface area contributed by atoms with E-state index in [2.05, 4.69) is 34.6 Å². The number of thiophene rings is 1. The van der Waals surface area contributed by atoms with E-state index >= 15 is 0 Å². The molecule has 0 bridgehead atoms. The Morgan fingerprint density at radius 1 is 1.48 bits per heavy atom. The molecule has 2 N–H and O–H groups in total. The van der Waals surface area contributed by atoms with E-state index in [4.69, 9.17) is 4.74 Å². The van der Waals surface area contributed by atoms with Gasteiger partial charge in [-0.2, -0.15) is 0 Å². The standard InChI is InChI=1S/C16H25N3O2S.ClH/c1-12-4-5-15(22-12)14(19-7-9-21-10-8-19)11-18-16(20)13-3-2-6-17-13;/h4-5,13-14,17H,2-3,6-11H2,1H3,(H,18,20);1H. The average molecular weight is 360 g/mol. The number of carbonyl (C=O) groups is 1. The number of halogens is 1. The molecule has 0 saturated carbocycles. The van der Waals surface area contributed by atoms with Gasteiger partial charge >= 0.3 is 0 Å². The first-order valence-corrected chi connectivity index (χ1v) is 8.95. The third-order valence-electron chi connectivity index (χ3n) is 4.42. The highest BCUT2D eigenvalue weighted by molar-refractivity contribution is 7.12. The van der Waals surface area contributed by atoms with Gasteiger partial charge in [0.05, 0.1) is 25.3 Å². The normalized spacial score (nSPS) is 23.3. The molecule has 130 valence electrons. The second-order valence-corrected chi connectivity index (χ2v) is 7.33. The van der Waals surface area contributed by atoms with Crippen molar-refractivity contribution in [2.75, 3.05) is 39.4 Å². The van der Waals surface area contributed by atoms with Crippen LogP contribution in [0.2, 0.25) is 0 Å². The van der Waals surface area contributed by atoms with E-state index in [0.29, 0.717) is 6.54 Å². The molecule has 0 aromatic carbocycles. The molecular weight excluding hydrogens is 334 g/mol. The van der Waals surface area contributed by atoms with Crippen LogP contribution in [0.25, 0.3) is 0 Å². The van der Waals surface area contributed by atoms with Crippen LogP contribution in [-0.4, -0.2) is 56.2 Å². The Morgan fingerprint density at radius 2 is 2.26 bits per heavy atom. The Kier molecular flexibility index (Phi) is 7.30. The van der Waals surface area contributed by atoms with Crippen molar-refractivity contribution in [2.45, 2.75) is 31.8 Å². The van der Waals surface area contributed by atoms with Gasteiger partial charge in [0, 0.05) is 29.4 Å². The van der Waals surface area contributed by atoms with Crippen molar-refractivity contribution < 1.29 is 9.53 Å². The maximum Gasteiger partial charge on any atom is 0.237 e. The first-order valence-electron chi connectivity index (χ1n) is 8.13. The Labute approximate surface area is 148 Å². The quantitative estimate of drug-likeness (QED) is 0.840. The Hall–Kier alpha value is -0.660. The summed E-state index contributed by atoms with van der Waals surface area (Å²) in [5.74, 6) is 0.143. The molecule has 1 aromatic rings. The molecule has 23 heavy (non-hydrogen) atoms. The van der Waals surface area contributed by atoms with E-state index < -0.39 is 0 Å². The van der Waals surface area contributed by atoms with Crippen LogP contribution in [0.3, 0.4) is 0 Å². The number of nitrogens with zero attached hydrogens (tertiary/aromatic N) is 1. The predicted octanol–water partition coefficient (Wildman–Crippen LogP) is 1.72. The number of rotatable bonds is 5. The number of morpholine rings is 1. The van der Waals surface area contributed by atoms with Gasteiger partial charge in [-0.3, -0.25) is 9.69 Å². The minimum absolute atomic E-state index is 0. The summed E-state index contributed by atoms with van der Waals surface area (Å²) >= 11 is 1.82. The molecule has 2 atom stereocenters. The summed E-state index contributed by atoms with van der Waals surface area (Å²) in [4.78, 5) is 17.3. The Morgan fingerprint density at radius 3 is 2.87 bits per heavy atom. The second kappa shape index (κ2) is 8.99. The number of hydrogen-bond donors (Lipinski definition) is 2. The summed E-state index contributed by atoms with van der Waals surface area (Å²) in [6, 6.07) is 4.61. The van der Waals surface area contributed by atoms with Crippen LogP contribution in [0.1, 0.15) is 28.6 Å². The van der Waals surface area contributed by atoms with Crippen LogP contribution < -0.4 is 10.6 Å². The van der Waals surface area contributed by atoms with Gasteiger partial charge in [-0.1, -0.05) is 0 Å². The molecule has 2 aliphatic heterocycles. The fourth-order valence-corrected chi connectivity index (χ4v) is 4.17. The van der Waals surface area contributed by atoms with Crippen molar-refractivity contribution in [3.8, 4) is 0 Å². The molecular formula is C16H26ClN3O2S. The largest absolute Gasteiger partial charge is 0.379 e. The average Bonchev–Trinajstić information content (AvgIpc) is 3.20. The molecule has 2 aliphatic rings. The second-order valence-electron chi connectivity index (χ2n) is 6.01. The van der Waals surface area contributed by atoms with Gasteiger partial charge < -0.3 is 15.4 Å². The van der Waals surface area contributed by atoms with Crippen LogP contribution in [0, 0.1) is 6.92 Å². The van der Waals surface area contributed by atoms with Gasteiger partial charge in [-0.15, -0.1) is 23.7 Å². The molecule has 2 fully saturated rings. The lowest BCUT2D eigenvalue weighted by molar-refractivity contribution is -0.123. The molecule has 7 heteroatoms. The molecule has 3 rings (SSSR count). The molecule has 2 unspecified atom stereocenters. The Balaban J connectivity index is 0.00000192. The lowest BCUT2D eigenvalue weighted by Crippen LogP contribution is -2.46. The van der Waals surface area contributed by atoms with Crippen LogP contribution in [0.5, 0.6) is 0 Å². The van der Waals surface area contributed by atoms with Crippen molar-refractivity contribution in [1.29, 1.82) is 0 Å². The third kappa shape index (κ3) is 4.90. The van der Waals surface area contributed by atoms with Gasteiger partial charge in [-0.05, 0) is 38.4 Å². The fraction of sp³-hybridized carbons (Fsp3) is 0.688. The predicted molar refractivity (Wildman–Crippen MR) is 95.5 cm³/mol. The maximum absolute atomic E-state index is 12.3. The van der Waals surface area contributed by atoms with Crippen molar-refractivity contribution in [3.05, 3.63) is 21.9 Å². The molecule has 1 aromatic heterocycles. The summed E-state index contributed by atoms with van der Waals surface area (Å²) in [5, 5.41) is 6.41. The number of amides is 1. The minimum atomic E-state index is -0.00425. The number of nitrogens with one attached hydrogen (secondary N) is 2. The van der Waals surface area contributed by atoms with Gasteiger partial charge in [0.25, 0.3) is 0 Å². The van der Waals surface area contributed by atoms with E-state index in [1.54, 1.807) is 0 Å². The van der Waals surface area contributed by atoms with Gasteiger partial charge in [0.2, 0.25) is 5.91 Å². The summed E-state index contributed by atoms with van der Waals surface area (Å²) in [7, 11) is 0. The number of carbonyl (C=O) groups excluding carboxylic acids is 1. The highest BCUT2D eigenvalue weighted by atomic mass is 35.5. The fourth-order valence-electron chi connectivity index (χ4n) is 3.16. The van der Waals surface area contributed by atoms with Gasteiger partial charge in [0.1, 0.15) is 0 Å². The van der Waals surface area contributed by atoms with E-state index in [1.807, 2.05) is 11.3 Å². The maximum atomic E-state index is 12.3. The third-order valence-corrected chi connectivity index (χ3v) is 5.52. The topological polar surface area (TPSA) is 53.6 Å². The molecule has 0 aliphatic carbocycles. The zero-order chi connectivity index (χ0) is 15.4. The smallest absolute Gasteiger partial charge is 0.237 e. The number of ether oxygens (including phenoxy) is 1. The van der Waals surface area contributed by atoms with Crippen LogP contribution >= 0.6 is 23.7 Å². The molecule has 1 amide bonds.